The van der Waals surface area contributed by atoms with Crippen LogP contribution >= 0.6 is 0 Å². The van der Waals surface area contributed by atoms with Gasteiger partial charge in [-0.3, -0.25) is 9.59 Å². The molecule has 2 heterocycles. The van der Waals surface area contributed by atoms with Crippen molar-refractivity contribution in [3.63, 3.8) is 0 Å². The molecule has 5 rings (SSSR count). The minimum Gasteiger partial charge on any atom is -0.370 e. The number of amides is 2. The first-order chi connectivity index (χ1) is 23.3. The zero-order chi connectivity index (χ0) is 36.8. The molecule has 1 aliphatic carbocycles. The Morgan fingerprint density at radius 3 is 1.98 bits per heavy atom. The predicted octanol–water partition coefficient (Wildman–Crippen LogP) is 7.21. The molecule has 2 aromatic carbocycles. The van der Waals surface area contributed by atoms with Crippen LogP contribution in [0.4, 0.5) is 51.1 Å². The van der Waals surface area contributed by atoms with Gasteiger partial charge in [0, 0.05) is 30.6 Å². The molecule has 50 heavy (non-hydrogen) atoms. The van der Waals surface area contributed by atoms with Gasteiger partial charge in [-0.05, 0) is 97.2 Å². The number of tetrazole rings is 1. The standard InChI is InChI=1S/C32H34F9N7O2/c1-3-23-15-26(47(29-43-45-46(2)44-29)16-18-10-21(31(36,37)38)13-22(11-18)32(39,40)41)24-14-20(30(33,34)35)8-9-25(24)48(23)28(50)19-6-4-17(5-7-19)12-27(42)49/h8-11,13-14,17,19,23,26H,3-7,12,15-16H2,1-2H3,(H2,42,49)/t17?,19?,23-,26-/m1/s1. The fraction of sp³-hybridized carbons (Fsp3) is 0.531. The number of hydrogen-bond acceptors (Lipinski definition) is 6. The highest BCUT2D eigenvalue weighted by Crippen LogP contribution is 2.47. The molecule has 1 aromatic heterocycles. The Kier molecular flexibility index (Phi) is 10.1. The van der Waals surface area contributed by atoms with Gasteiger partial charge in [0.15, 0.2) is 0 Å². The van der Waals surface area contributed by atoms with Crippen molar-refractivity contribution in [3.05, 3.63) is 64.2 Å². The van der Waals surface area contributed by atoms with Crippen LogP contribution in [-0.2, 0) is 41.7 Å². The molecule has 0 radical (unpaired) electrons. The number of nitrogens with zero attached hydrogens (tertiary/aromatic N) is 6. The summed E-state index contributed by atoms with van der Waals surface area (Å²) in [5.41, 5.74) is 0.782. The molecule has 272 valence electrons. The second-order valence-corrected chi connectivity index (χ2v) is 12.8. The summed E-state index contributed by atoms with van der Waals surface area (Å²) in [6.07, 6.45) is -12.7. The molecule has 2 amide bonds. The lowest BCUT2D eigenvalue weighted by Gasteiger charge is -2.46. The molecule has 1 saturated carbocycles. The third kappa shape index (κ3) is 7.98. The summed E-state index contributed by atoms with van der Waals surface area (Å²) in [6.45, 7) is 1.08. The Labute approximate surface area is 280 Å². The highest BCUT2D eigenvalue weighted by molar-refractivity contribution is 5.97. The zero-order valence-corrected chi connectivity index (χ0v) is 26.9. The Morgan fingerprint density at radius 2 is 1.48 bits per heavy atom. The minimum atomic E-state index is -5.14. The molecule has 2 aliphatic rings. The third-order valence-corrected chi connectivity index (χ3v) is 9.36. The number of rotatable bonds is 8. The van der Waals surface area contributed by atoms with E-state index in [1.54, 1.807) is 6.92 Å². The van der Waals surface area contributed by atoms with Crippen molar-refractivity contribution in [1.29, 1.82) is 0 Å². The van der Waals surface area contributed by atoms with Crippen LogP contribution in [0.5, 0.6) is 0 Å². The first-order valence-electron chi connectivity index (χ1n) is 15.9. The lowest BCUT2D eigenvalue weighted by molar-refractivity contribution is -0.143. The normalized spacial score (nSPS) is 21.5. The SMILES string of the molecule is CC[C@@H]1C[C@@H](N(Cc2cc(C(F)(F)F)cc(C(F)(F)F)c2)c2nnn(C)n2)c2cc(C(F)(F)F)ccc2N1C(=O)C1CCC(CC(N)=O)CC1. The van der Waals surface area contributed by atoms with Gasteiger partial charge in [0.1, 0.15) is 0 Å². The van der Waals surface area contributed by atoms with Crippen molar-refractivity contribution >= 4 is 23.5 Å². The topological polar surface area (TPSA) is 110 Å². The molecule has 9 nitrogen and oxygen atoms in total. The van der Waals surface area contributed by atoms with Crippen LogP contribution in [0.25, 0.3) is 0 Å². The minimum absolute atomic E-state index is 0.00707. The van der Waals surface area contributed by atoms with Gasteiger partial charge >= 0.3 is 18.5 Å². The van der Waals surface area contributed by atoms with Crippen LogP contribution in [0.15, 0.2) is 36.4 Å². The number of aryl methyl sites for hydroxylation is 1. The molecule has 2 N–H and O–H groups in total. The van der Waals surface area contributed by atoms with Gasteiger partial charge in [0.05, 0.1) is 29.8 Å². The largest absolute Gasteiger partial charge is 0.416 e. The number of hydrogen-bond donors (Lipinski definition) is 1. The van der Waals surface area contributed by atoms with Gasteiger partial charge in [0.25, 0.3) is 5.95 Å². The molecule has 3 aromatic rings. The molecule has 18 heteroatoms. The Hall–Kier alpha value is -4.38. The van der Waals surface area contributed by atoms with Crippen molar-refractivity contribution < 1.29 is 49.1 Å². The summed E-state index contributed by atoms with van der Waals surface area (Å²) >= 11 is 0. The van der Waals surface area contributed by atoms with Crippen LogP contribution in [0.3, 0.4) is 0 Å². The van der Waals surface area contributed by atoms with Crippen LogP contribution in [0.2, 0.25) is 0 Å². The fourth-order valence-electron chi connectivity index (χ4n) is 6.96. The molecule has 0 unspecified atom stereocenters. The fourth-order valence-corrected chi connectivity index (χ4v) is 6.96. The Morgan fingerprint density at radius 1 is 0.880 bits per heavy atom. The second kappa shape index (κ2) is 13.7. The van der Waals surface area contributed by atoms with Crippen LogP contribution in [-0.4, -0.2) is 38.1 Å². The number of nitrogens with two attached hydrogens (primary N) is 1. The third-order valence-electron chi connectivity index (χ3n) is 9.36. The maximum atomic E-state index is 14.1. The zero-order valence-electron chi connectivity index (χ0n) is 26.9. The highest BCUT2D eigenvalue weighted by atomic mass is 19.4. The van der Waals surface area contributed by atoms with E-state index in [9.17, 15) is 49.1 Å². The van der Waals surface area contributed by atoms with E-state index in [0.717, 1.165) is 23.0 Å². The first kappa shape index (κ1) is 36.9. The smallest absolute Gasteiger partial charge is 0.370 e. The number of carbonyl (C=O) groups is 2. The van der Waals surface area contributed by atoms with Crippen molar-refractivity contribution in [2.24, 2.45) is 24.6 Å². The van der Waals surface area contributed by atoms with Crippen molar-refractivity contribution in [1.82, 2.24) is 20.2 Å². The van der Waals surface area contributed by atoms with E-state index in [-0.39, 0.29) is 47.9 Å². The molecule has 0 bridgehead atoms. The number of anilines is 2. The molecule has 0 saturated heterocycles. The summed E-state index contributed by atoms with van der Waals surface area (Å²) in [4.78, 5) is 29.2. The lowest BCUT2D eigenvalue weighted by Crippen LogP contribution is -2.50. The van der Waals surface area contributed by atoms with Crippen LogP contribution in [0.1, 0.15) is 85.7 Å². The average molecular weight is 720 g/mol. The molecule has 0 spiro atoms. The quantitative estimate of drug-likeness (QED) is 0.247. The summed E-state index contributed by atoms with van der Waals surface area (Å²) in [6, 6.07) is 2.12. The van der Waals surface area contributed by atoms with E-state index in [2.05, 4.69) is 15.4 Å². The molecular weight excluding hydrogens is 685 g/mol. The number of halogens is 9. The summed E-state index contributed by atoms with van der Waals surface area (Å²) in [5, 5.41) is 11.8. The van der Waals surface area contributed by atoms with E-state index < -0.39 is 71.2 Å². The van der Waals surface area contributed by atoms with Gasteiger partial charge < -0.3 is 15.5 Å². The summed E-state index contributed by atoms with van der Waals surface area (Å²) < 4.78 is 125. The van der Waals surface area contributed by atoms with Crippen molar-refractivity contribution in [3.8, 4) is 0 Å². The van der Waals surface area contributed by atoms with Crippen LogP contribution in [0, 0.1) is 11.8 Å². The number of benzene rings is 2. The highest BCUT2D eigenvalue weighted by Gasteiger charge is 2.44. The maximum Gasteiger partial charge on any atom is 0.416 e. The Balaban J connectivity index is 1.61. The number of alkyl halides is 9. The lowest BCUT2D eigenvalue weighted by atomic mass is 9.78. The van der Waals surface area contributed by atoms with Gasteiger partial charge in [-0.15, -0.1) is 5.10 Å². The van der Waals surface area contributed by atoms with E-state index in [0.29, 0.717) is 44.2 Å². The van der Waals surface area contributed by atoms with Gasteiger partial charge in [-0.25, -0.2) is 0 Å². The van der Waals surface area contributed by atoms with Gasteiger partial charge in [0.2, 0.25) is 11.8 Å². The number of primary amides is 1. The number of fused-ring (bicyclic) bond motifs is 1. The number of carbonyl (C=O) groups excluding carboxylic acids is 2. The predicted molar refractivity (Wildman–Crippen MR) is 161 cm³/mol. The summed E-state index contributed by atoms with van der Waals surface area (Å²) in [7, 11) is 1.37. The van der Waals surface area contributed by atoms with Gasteiger partial charge in [-0.1, -0.05) is 12.0 Å². The number of aromatic nitrogens is 4. The second-order valence-electron chi connectivity index (χ2n) is 12.8. The first-order valence-corrected chi connectivity index (χ1v) is 15.9. The molecule has 2 atom stereocenters. The monoisotopic (exact) mass is 719 g/mol. The van der Waals surface area contributed by atoms with Crippen molar-refractivity contribution in [2.75, 3.05) is 9.80 Å². The molecular formula is C32H34F9N7O2. The Bertz CT molecular complexity index is 1680. The van der Waals surface area contributed by atoms with E-state index in [1.807, 2.05) is 0 Å². The molecule has 1 aliphatic heterocycles. The van der Waals surface area contributed by atoms with E-state index in [1.165, 1.54) is 16.8 Å². The van der Waals surface area contributed by atoms with E-state index in [4.69, 9.17) is 5.73 Å². The van der Waals surface area contributed by atoms with Crippen LogP contribution < -0.4 is 15.5 Å². The van der Waals surface area contributed by atoms with E-state index >= 15 is 0 Å². The summed E-state index contributed by atoms with van der Waals surface area (Å²) in [5.74, 6) is -1.53. The maximum absolute atomic E-state index is 14.1. The molecule has 1 fully saturated rings. The van der Waals surface area contributed by atoms with Gasteiger partial charge in [-0.2, -0.15) is 44.3 Å². The van der Waals surface area contributed by atoms with Crippen molar-refractivity contribution in [2.45, 2.75) is 89.0 Å². The average Bonchev–Trinajstić information content (AvgIpc) is 3.46.